The molecule has 3 rings (SSSR count). The lowest BCUT2D eigenvalue weighted by Gasteiger charge is -2.16. The van der Waals surface area contributed by atoms with E-state index in [0.717, 1.165) is 16.9 Å². The lowest BCUT2D eigenvalue weighted by molar-refractivity contribution is -0.146. The highest BCUT2D eigenvalue weighted by atomic mass is 16.5. The molecule has 1 aromatic heterocycles. The van der Waals surface area contributed by atoms with E-state index in [4.69, 9.17) is 9.26 Å². The molecule has 3 aromatic rings. The number of aliphatic carboxylic acids is 1. The Hall–Kier alpha value is -3.08. The summed E-state index contributed by atoms with van der Waals surface area (Å²) in [6.07, 6.45) is 0.310. The summed E-state index contributed by atoms with van der Waals surface area (Å²) in [6, 6.07) is 19.3. The molecule has 2 aromatic carbocycles. The Morgan fingerprint density at radius 1 is 1.12 bits per heavy atom. The van der Waals surface area contributed by atoms with Crippen molar-refractivity contribution < 1.29 is 19.2 Å². The van der Waals surface area contributed by atoms with Gasteiger partial charge in [-0.3, -0.25) is 4.79 Å². The number of rotatable bonds is 7. The highest BCUT2D eigenvalue weighted by molar-refractivity contribution is 5.74. The van der Waals surface area contributed by atoms with Gasteiger partial charge in [0.2, 0.25) is 0 Å². The number of hydrogen-bond donors (Lipinski definition) is 1. The molecule has 0 saturated heterocycles. The maximum Gasteiger partial charge on any atom is 0.309 e. The highest BCUT2D eigenvalue weighted by Gasteiger charge is 2.29. The van der Waals surface area contributed by atoms with E-state index in [-0.39, 0.29) is 0 Å². The Bertz CT molecular complexity index is 867. The van der Waals surface area contributed by atoms with Crippen molar-refractivity contribution in [2.75, 3.05) is 0 Å². The van der Waals surface area contributed by atoms with Crippen molar-refractivity contribution in [3.8, 4) is 17.1 Å². The van der Waals surface area contributed by atoms with Gasteiger partial charge in [0.1, 0.15) is 12.4 Å². The van der Waals surface area contributed by atoms with Crippen LogP contribution in [0.5, 0.6) is 5.75 Å². The van der Waals surface area contributed by atoms with Crippen LogP contribution in [0.15, 0.2) is 65.2 Å². The lowest BCUT2D eigenvalue weighted by Crippen LogP contribution is -2.26. The predicted molar refractivity (Wildman–Crippen MR) is 97.8 cm³/mol. The van der Waals surface area contributed by atoms with Crippen LogP contribution in [0, 0.1) is 5.41 Å². The van der Waals surface area contributed by atoms with Crippen molar-refractivity contribution in [1.29, 1.82) is 0 Å². The molecule has 0 saturated carbocycles. The molecule has 0 bridgehead atoms. The van der Waals surface area contributed by atoms with Gasteiger partial charge in [-0.25, -0.2) is 0 Å². The molecule has 0 aliphatic heterocycles. The summed E-state index contributed by atoms with van der Waals surface area (Å²) in [5, 5.41) is 13.2. The van der Waals surface area contributed by atoms with Gasteiger partial charge in [0.15, 0.2) is 5.76 Å². The van der Waals surface area contributed by atoms with Crippen molar-refractivity contribution in [2.45, 2.75) is 26.9 Å². The minimum Gasteiger partial charge on any atom is -0.489 e. The van der Waals surface area contributed by atoms with Crippen molar-refractivity contribution in [3.63, 3.8) is 0 Å². The third-order valence-electron chi connectivity index (χ3n) is 4.15. The number of ether oxygens (including phenoxy) is 1. The first kappa shape index (κ1) is 17.7. The van der Waals surface area contributed by atoms with E-state index in [9.17, 15) is 9.90 Å². The van der Waals surface area contributed by atoms with Gasteiger partial charge >= 0.3 is 5.97 Å². The molecular weight excluding hydrogens is 330 g/mol. The van der Waals surface area contributed by atoms with Gasteiger partial charge in [0.05, 0.1) is 11.1 Å². The van der Waals surface area contributed by atoms with E-state index in [1.165, 1.54) is 0 Å². The van der Waals surface area contributed by atoms with Crippen LogP contribution in [0.1, 0.15) is 25.1 Å². The lowest BCUT2D eigenvalue weighted by atomic mass is 9.88. The molecule has 134 valence electrons. The van der Waals surface area contributed by atoms with Crippen LogP contribution in [0.25, 0.3) is 11.3 Å². The first-order chi connectivity index (χ1) is 12.4. The average Bonchev–Trinajstić information content (AvgIpc) is 3.09. The summed E-state index contributed by atoms with van der Waals surface area (Å²) in [5.41, 5.74) is 1.71. The topological polar surface area (TPSA) is 72.6 Å². The average molecular weight is 351 g/mol. The quantitative estimate of drug-likeness (QED) is 0.675. The summed E-state index contributed by atoms with van der Waals surface area (Å²) >= 11 is 0. The van der Waals surface area contributed by atoms with Gasteiger partial charge in [0, 0.05) is 18.1 Å². The van der Waals surface area contributed by atoms with Gasteiger partial charge in [-0.05, 0) is 43.7 Å². The number of aromatic nitrogens is 1. The van der Waals surface area contributed by atoms with Crippen LogP contribution < -0.4 is 4.74 Å². The summed E-state index contributed by atoms with van der Waals surface area (Å²) in [4.78, 5) is 11.2. The normalized spacial score (nSPS) is 11.3. The summed E-state index contributed by atoms with van der Waals surface area (Å²) < 4.78 is 11.1. The molecule has 5 heteroatoms. The minimum absolute atomic E-state index is 0.310. The van der Waals surface area contributed by atoms with Crippen LogP contribution in [0.3, 0.4) is 0 Å². The Morgan fingerprint density at radius 2 is 1.81 bits per heavy atom. The van der Waals surface area contributed by atoms with E-state index in [1.807, 2.05) is 54.6 Å². The monoisotopic (exact) mass is 351 g/mol. The smallest absolute Gasteiger partial charge is 0.309 e. The molecule has 5 nitrogen and oxygen atoms in total. The van der Waals surface area contributed by atoms with E-state index in [2.05, 4.69) is 5.16 Å². The maximum atomic E-state index is 11.2. The van der Waals surface area contributed by atoms with Gasteiger partial charge < -0.3 is 14.4 Å². The molecule has 0 amide bonds. The van der Waals surface area contributed by atoms with E-state index in [0.29, 0.717) is 24.5 Å². The second kappa shape index (κ2) is 7.44. The van der Waals surface area contributed by atoms with Gasteiger partial charge in [-0.2, -0.15) is 0 Å². The predicted octanol–water partition coefficient (Wildman–Crippen LogP) is 4.57. The molecule has 0 fully saturated rings. The minimum atomic E-state index is -0.886. The number of carboxylic acids is 1. The van der Waals surface area contributed by atoms with Crippen molar-refractivity contribution in [1.82, 2.24) is 5.16 Å². The van der Waals surface area contributed by atoms with Gasteiger partial charge in [-0.1, -0.05) is 35.5 Å². The molecule has 1 N–H and O–H groups in total. The van der Waals surface area contributed by atoms with Crippen LogP contribution in [-0.4, -0.2) is 16.2 Å². The van der Waals surface area contributed by atoms with Crippen molar-refractivity contribution in [2.24, 2.45) is 5.41 Å². The fourth-order valence-corrected chi connectivity index (χ4v) is 2.52. The molecule has 0 radical (unpaired) electrons. The van der Waals surface area contributed by atoms with E-state index in [1.54, 1.807) is 19.9 Å². The molecule has 26 heavy (non-hydrogen) atoms. The van der Waals surface area contributed by atoms with Crippen molar-refractivity contribution >= 4 is 5.97 Å². The van der Waals surface area contributed by atoms with Crippen LogP contribution >= 0.6 is 0 Å². The third-order valence-corrected chi connectivity index (χ3v) is 4.15. The van der Waals surface area contributed by atoms with E-state index < -0.39 is 11.4 Å². The Morgan fingerprint density at radius 3 is 2.46 bits per heavy atom. The SMILES string of the molecule is CC(C)(Cc1cc(-c2ccc(OCc3ccccc3)cc2)on1)C(=O)O. The summed E-state index contributed by atoms with van der Waals surface area (Å²) in [5.74, 6) is 0.516. The number of carbonyl (C=O) groups is 1. The molecule has 0 spiro atoms. The molecule has 0 unspecified atom stereocenters. The molecule has 1 heterocycles. The zero-order chi connectivity index (χ0) is 18.6. The third kappa shape index (κ3) is 4.30. The summed E-state index contributed by atoms with van der Waals surface area (Å²) in [6.45, 7) is 3.85. The van der Waals surface area contributed by atoms with Gasteiger partial charge in [-0.15, -0.1) is 0 Å². The Kier molecular flexibility index (Phi) is 5.07. The Labute approximate surface area is 152 Å². The van der Waals surface area contributed by atoms with E-state index >= 15 is 0 Å². The first-order valence-corrected chi connectivity index (χ1v) is 8.40. The van der Waals surface area contributed by atoms with Gasteiger partial charge in [0.25, 0.3) is 0 Å². The van der Waals surface area contributed by atoms with Crippen molar-refractivity contribution in [3.05, 3.63) is 71.9 Å². The largest absolute Gasteiger partial charge is 0.489 e. The zero-order valence-electron chi connectivity index (χ0n) is 14.8. The van der Waals surface area contributed by atoms with Crippen LogP contribution in [0.4, 0.5) is 0 Å². The molecule has 0 aliphatic carbocycles. The number of carboxylic acid groups (broad SMARTS) is 1. The fourth-order valence-electron chi connectivity index (χ4n) is 2.52. The second-order valence-electron chi connectivity index (χ2n) is 6.85. The number of benzene rings is 2. The Balaban J connectivity index is 1.64. The standard InChI is InChI=1S/C21H21NO4/c1-21(2,20(23)24)13-17-12-19(26-22-17)16-8-10-18(11-9-16)25-14-15-6-4-3-5-7-15/h3-12H,13-14H2,1-2H3,(H,23,24). The second-order valence-corrected chi connectivity index (χ2v) is 6.85. The molecular formula is C21H21NO4. The number of nitrogens with zero attached hydrogens (tertiary/aromatic N) is 1. The zero-order valence-corrected chi connectivity index (χ0v) is 14.8. The molecule has 0 aliphatic rings. The van der Waals surface area contributed by atoms with Crippen LogP contribution in [-0.2, 0) is 17.8 Å². The van der Waals surface area contributed by atoms with Crippen LogP contribution in [0.2, 0.25) is 0 Å². The molecule has 0 atom stereocenters. The highest BCUT2D eigenvalue weighted by Crippen LogP contribution is 2.27. The maximum absolute atomic E-state index is 11.2. The fraction of sp³-hybridized carbons (Fsp3) is 0.238. The first-order valence-electron chi connectivity index (χ1n) is 8.40. The number of hydrogen-bond acceptors (Lipinski definition) is 4. The summed E-state index contributed by atoms with van der Waals surface area (Å²) in [7, 11) is 0.